The Bertz CT molecular complexity index is 777. The lowest BCUT2D eigenvalue weighted by atomic mass is 9.90. The Morgan fingerprint density at radius 1 is 1.25 bits per heavy atom. The van der Waals surface area contributed by atoms with Gasteiger partial charge in [0.25, 0.3) is 0 Å². The number of nitrogens with zero attached hydrogens (tertiary/aromatic N) is 4. The van der Waals surface area contributed by atoms with Crippen LogP contribution in [0.1, 0.15) is 28.6 Å². The van der Waals surface area contributed by atoms with E-state index in [4.69, 9.17) is 0 Å². The van der Waals surface area contributed by atoms with Crippen LogP contribution in [0.2, 0.25) is 0 Å². The molecule has 0 saturated carbocycles. The van der Waals surface area contributed by atoms with Crippen molar-refractivity contribution < 1.29 is 0 Å². The molecule has 1 unspecified atom stereocenters. The van der Waals surface area contributed by atoms with Gasteiger partial charge in [-0.15, -0.1) is 10.2 Å². The molecule has 0 amide bonds. The van der Waals surface area contributed by atoms with E-state index in [0.29, 0.717) is 0 Å². The van der Waals surface area contributed by atoms with Crippen LogP contribution in [0, 0.1) is 6.92 Å². The molecule has 0 aliphatic carbocycles. The van der Waals surface area contributed by atoms with Gasteiger partial charge in [-0.3, -0.25) is 4.40 Å². The predicted octanol–water partition coefficient (Wildman–Crippen LogP) is 1.67. The molecule has 4 rings (SSSR count). The molecule has 0 fully saturated rings. The van der Waals surface area contributed by atoms with Gasteiger partial charge < -0.3 is 5.32 Å². The second-order valence-electron chi connectivity index (χ2n) is 5.20. The summed E-state index contributed by atoms with van der Waals surface area (Å²) in [7, 11) is 0. The third kappa shape index (κ3) is 1.71. The second-order valence-corrected chi connectivity index (χ2v) is 5.20. The molecule has 5 heteroatoms. The summed E-state index contributed by atoms with van der Waals surface area (Å²) < 4.78 is 1.99. The molecule has 3 aromatic rings. The number of fused-ring (bicyclic) bond motifs is 2. The zero-order chi connectivity index (χ0) is 13.5. The number of hydrogen-bond acceptors (Lipinski definition) is 4. The lowest BCUT2D eigenvalue weighted by molar-refractivity contribution is 0.568. The van der Waals surface area contributed by atoms with E-state index in [1.807, 2.05) is 23.7 Å². The molecule has 1 aromatic carbocycles. The maximum absolute atomic E-state index is 4.39. The standard InChI is InChI=1S/C15H15N5/c1-10-6-14-18-19-15(20(14)9-17-10)13-8-16-7-11-4-2-3-5-12(11)13/h2-6,9,13,16H,7-8H2,1H3. The normalized spacial score (nSPS) is 18.1. The highest BCUT2D eigenvalue weighted by Crippen LogP contribution is 2.28. The second kappa shape index (κ2) is 4.38. The molecule has 1 aliphatic rings. The third-order valence-electron chi connectivity index (χ3n) is 3.87. The molecule has 1 atom stereocenters. The Morgan fingerprint density at radius 2 is 2.15 bits per heavy atom. The molecule has 1 N–H and O–H groups in total. The van der Waals surface area contributed by atoms with E-state index in [2.05, 4.69) is 44.8 Å². The van der Waals surface area contributed by atoms with Crippen LogP contribution in [0.3, 0.4) is 0 Å². The minimum atomic E-state index is 0.222. The maximum atomic E-state index is 4.39. The number of benzene rings is 1. The van der Waals surface area contributed by atoms with E-state index in [-0.39, 0.29) is 5.92 Å². The number of rotatable bonds is 1. The van der Waals surface area contributed by atoms with Crippen LogP contribution in [-0.2, 0) is 6.54 Å². The van der Waals surface area contributed by atoms with Crippen LogP contribution in [0.5, 0.6) is 0 Å². The average molecular weight is 265 g/mol. The van der Waals surface area contributed by atoms with Crippen LogP contribution >= 0.6 is 0 Å². The van der Waals surface area contributed by atoms with E-state index in [1.54, 1.807) is 0 Å². The van der Waals surface area contributed by atoms with Crippen molar-refractivity contribution >= 4 is 5.65 Å². The van der Waals surface area contributed by atoms with Crippen molar-refractivity contribution in [3.05, 3.63) is 59.3 Å². The average Bonchev–Trinajstić information content (AvgIpc) is 2.89. The van der Waals surface area contributed by atoms with E-state index >= 15 is 0 Å². The first-order chi connectivity index (χ1) is 9.83. The summed E-state index contributed by atoms with van der Waals surface area (Å²) in [5.74, 6) is 1.17. The van der Waals surface area contributed by atoms with Crippen LogP contribution in [0.25, 0.3) is 5.65 Å². The van der Waals surface area contributed by atoms with Crippen molar-refractivity contribution in [2.45, 2.75) is 19.4 Å². The van der Waals surface area contributed by atoms with Crippen molar-refractivity contribution in [3.8, 4) is 0 Å². The van der Waals surface area contributed by atoms with Gasteiger partial charge in [0.1, 0.15) is 12.2 Å². The Balaban J connectivity index is 1.88. The van der Waals surface area contributed by atoms with Crippen molar-refractivity contribution in [1.29, 1.82) is 0 Å². The zero-order valence-corrected chi connectivity index (χ0v) is 11.2. The first-order valence-electron chi connectivity index (χ1n) is 6.79. The van der Waals surface area contributed by atoms with Crippen molar-refractivity contribution in [3.63, 3.8) is 0 Å². The zero-order valence-electron chi connectivity index (χ0n) is 11.2. The molecule has 20 heavy (non-hydrogen) atoms. The smallest absolute Gasteiger partial charge is 0.163 e. The van der Waals surface area contributed by atoms with E-state index < -0.39 is 0 Å². The fraction of sp³-hybridized carbons (Fsp3) is 0.267. The van der Waals surface area contributed by atoms with Crippen LogP contribution < -0.4 is 5.32 Å². The maximum Gasteiger partial charge on any atom is 0.163 e. The van der Waals surface area contributed by atoms with Crippen molar-refractivity contribution in [2.24, 2.45) is 0 Å². The molecule has 0 bridgehead atoms. The van der Waals surface area contributed by atoms with Crippen molar-refractivity contribution in [2.75, 3.05) is 6.54 Å². The first-order valence-corrected chi connectivity index (χ1v) is 6.79. The number of aryl methyl sites for hydroxylation is 1. The molecule has 2 aromatic heterocycles. The van der Waals surface area contributed by atoms with Crippen LogP contribution in [-0.4, -0.2) is 26.1 Å². The molecule has 0 radical (unpaired) electrons. The Kier molecular flexibility index (Phi) is 2.53. The molecule has 1 aliphatic heterocycles. The Labute approximate surface area is 116 Å². The summed E-state index contributed by atoms with van der Waals surface area (Å²) in [4.78, 5) is 4.35. The lowest BCUT2D eigenvalue weighted by Crippen LogP contribution is -2.29. The molecule has 100 valence electrons. The lowest BCUT2D eigenvalue weighted by Gasteiger charge is -2.25. The molecule has 3 heterocycles. The quantitative estimate of drug-likeness (QED) is 0.727. The van der Waals surface area contributed by atoms with Gasteiger partial charge in [0.15, 0.2) is 5.65 Å². The Morgan fingerprint density at radius 3 is 3.10 bits per heavy atom. The van der Waals surface area contributed by atoms with Gasteiger partial charge in [-0.05, 0) is 18.1 Å². The largest absolute Gasteiger partial charge is 0.312 e. The first kappa shape index (κ1) is 11.5. The predicted molar refractivity (Wildman–Crippen MR) is 75.5 cm³/mol. The highest BCUT2D eigenvalue weighted by atomic mass is 15.3. The van der Waals surface area contributed by atoms with Gasteiger partial charge in [-0.2, -0.15) is 0 Å². The third-order valence-corrected chi connectivity index (χ3v) is 3.87. The molecular weight excluding hydrogens is 250 g/mol. The topological polar surface area (TPSA) is 55.1 Å². The van der Waals surface area contributed by atoms with Crippen molar-refractivity contribution in [1.82, 2.24) is 24.9 Å². The van der Waals surface area contributed by atoms with Gasteiger partial charge in [0.05, 0.1) is 5.92 Å². The minimum absolute atomic E-state index is 0.222. The molecule has 5 nitrogen and oxygen atoms in total. The summed E-state index contributed by atoms with van der Waals surface area (Å²) in [5, 5.41) is 12.1. The Hall–Kier alpha value is -2.27. The minimum Gasteiger partial charge on any atom is -0.312 e. The van der Waals surface area contributed by atoms with Crippen LogP contribution in [0.15, 0.2) is 36.7 Å². The molecular formula is C15H15N5. The molecule has 0 spiro atoms. The summed E-state index contributed by atoms with van der Waals surface area (Å²) in [5.41, 5.74) is 4.48. The summed E-state index contributed by atoms with van der Waals surface area (Å²) in [6.45, 7) is 3.76. The van der Waals surface area contributed by atoms with Gasteiger partial charge >= 0.3 is 0 Å². The van der Waals surface area contributed by atoms with E-state index in [9.17, 15) is 0 Å². The van der Waals surface area contributed by atoms with Gasteiger partial charge in [-0.25, -0.2) is 4.98 Å². The summed E-state index contributed by atoms with van der Waals surface area (Å²) in [6, 6.07) is 10.5. The number of hydrogen-bond donors (Lipinski definition) is 1. The van der Waals surface area contributed by atoms with Gasteiger partial charge in [0, 0.05) is 24.8 Å². The highest BCUT2D eigenvalue weighted by Gasteiger charge is 2.25. The fourth-order valence-electron chi connectivity index (χ4n) is 2.87. The highest BCUT2D eigenvalue weighted by molar-refractivity contribution is 5.42. The summed E-state index contributed by atoms with van der Waals surface area (Å²) in [6.07, 6.45) is 1.82. The fourth-order valence-corrected chi connectivity index (χ4v) is 2.87. The van der Waals surface area contributed by atoms with E-state index in [0.717, 1.165) is 30.3 Å². The number of nitrogens with one attached hydrogen (secondary N) is 1. The summed E-state index contributed by atoms with van der Waals surface area (Å²) >= 11 is 0. The SMILES string of the molecule is Cc1cc2nnc(C3CNCc4ccccc43)n2cn1. The molecule has 0 saturated heterocycles. The van der Waals surface area contributed by atoms with Gasteiger partial charge in [0.2, 0.25) is 0 Å². The van der Waals surface area contributed by atoms with Crippen LogP contribution in [0.4, 0.5) is 0 Å². The monoisotopic (exact) mass is 265 g/mol. The number of aromatic nitrogens is 4. The van der Waals surface area contributed by atoms with Gasteiger partial charge in [-0.1, -0.05) is 24.3 Å². The van der Waals surface area contributed by atoms with E-state index in [1.165, 1.54) is 11.1 Å².